The van der Waals surface area contributed by atoms with E-state index in [-0.39, 0.29) is 6.03 Å². The molecule has 0 atom stereocenters. The number of piperazine rings is 1. The summed E-state index contributed by atoms with van der Waals surface area (Å²) in [6.07, 6.45) is 0. The molecule has 0 saturated carbocycles. The Morgan fingerprint density at radius 2 is 1.59 bits per heavy atom. The van der Waals surface area contributed by atoms with Gasteiger partial charge in [-0.3, -0.25) is 0 Å². The molecule has 1 saturated heterocycles. The summed E-state index contributed by atoms with van der Waals surface area (Å²) in [4.78, 5) is 19.0. The first-order valence-electron chi connectivity index (χ1n) is 9.63. The third kappa shape index (κ3) is 4.54. The summed E-state index contributed by atoms with van der Waals surface area (Å²) in [5, 5.41) is 3.10. The van der Waals surface area contributed by atoms with Crippen molar-refractivity contribution >= 4 is 23.1 Å². The van der Waals surface area contributed by atoms with Gasteiger partial charge >= 0.3 is 6.03 Å². The molecule has 1 fully saturated rings. The van der Waals surface area contributed by atoms with Crippen LogP contribution in [0.3, 0.4) is 0 Å². The SMILES string of the molecule is CC(C)c1ccccc1NC(=O)N1CCN(c2ccc(N(C)C)cc2)CC1. The van der Waals surface area contributed by atoms with E-state index in [0.29, 0.717) is 5.92 Å². The number of amides is 2. The van der Waals surface area contributed by atoms with Crippen LogP contribution < -0.4 is 15.1 Å². The molecule has 0 spiro atoms. The van der Waals surface area contributed by atoms with Gasteiger partial charge < -0.3 is 20.0 Å². The van der Waals surface area contributed by atoms with Gasteiger partial charge in [-0.2, -0.15) is 0 Å². The van der Waals surface area contributed by atoms with Crippen molar-refractivity contribution in [1.82, 2.24) is 4.90 Å². The van der Waals surface area contributed by atoms with Crippen LogP contribution in [0, 0.1) is 0 Å². The third-order valence-corrected chi connectivity index (χ3v) is 5.12. The zero-order valence-corrected chi connectivity index (χ0v) is 16.8. The van der Waals surface area contributed by atoms with Crippen LogP contribution >= 0.6 is 0 Å². The summed E-state index contributed by atoms with van der Waals surface area (Å²) in [5.74, 6) is 0.378. The van der Waals surface area contributed by atoms with E-state index < -0.39 is 0 Å². The number of carbonyl (C=O) groups is 1. The van der Waals surface area contributed by atoms with Crippen LogP contribution in [0.25, 0.3) is 0 Å². The molecule has 2 aromatic carbocycles. The van der Waals surface area contributed by atoms with Gasteiger partial charge in [0.25, 0.3) is 0 Å². The number of nitrogens with one attached hydrogen (secondary N) is 1. The second kappa shape index (κ2) is 8.33. The molecule has 5 nitrogen and oxygen atoms in total. The Hall–Kier alpha value is -2.69. The molecule has 0 radical (unpaired) electrons. The Labute approximate surface area is 162 Å². The van der Waals surface area contributed by atoms with E-state index in [1.807, 2.05) is 37.2 Å². The minimum Gasteiger partial charge on any atom is -0.378 e. The molecule has 0 unspecified atom stereocenters. The first kappa shape index (κ1) is 19.1. The van der Waals surface area contributed by atoms with Gasteiger partial charge in [0.2, 0.25) is 0 Å². The van der Waals surface area contributed by atoms with Crippen LogP contribution in [-0.4, -0.2) is 51.2 Å². The van der Waals surface area contributed by atoms with E-state index in [0.717, 1.165) is 31.9 Å². The van der Waals surface area contributed by atoms with E-state index in [4.69, 9.17) is 0 Å². The molecule has 0 aromatic heterocycles. The molecular formula is C22H30N4O. The van der Waals surface area contributed by atoms with E-state index in [1.54, 1.807) is 0 Å². The van der Waals surface area contributed by atoms with Crippen LogP contribution in [0.4, 0.5) is 21.9 Å². The standard InChI is InChI=1S/C22H30N4O/c1-17(2)20-7-5-6-8-21(20)23-22(27)26-15-13-25(14-16-26)19-11-9-18(10-12-19)24(3)4/h5-12,17H,13-16H2,1-4H3,(H,23,27). The summed E-state index contributed by atoms with van der Waals surface area (Å²) >= 11 is 0. The van der Waals surface area contributed by atoms with Crippen molar-refractivity contribution in [1.29, 1.82) is 0 Å². The van der Waals surface area contributed by atoms with Gasteiger partial charge in [-0.1, -0.05) is 32.0 Å². The predicted octanol–water partition coefficient (Wildman–Crippen LogP) is 4.23. The van der Waals surface area contributed by atoms with E-state index in [9.17, 15) is 4.79 Å². The number of urea groups is 1. The first-order chi connectivity index (χ1) is 13.0. The van der Waals surface area contributed by atoms with Crippen molar-refractivity contribution in [2.75, 3.05) is 55.4 Å². The Morgan fingerprint density at radius 1 is 0.963 bits per heavy atom. The minimum atomic E-state index is -0.00861. The highest BCUT2D eigenvalue weighted by atomic mass is 16.2. The predicted molar refractivity (Wildman–Crippen MR) is 114 cm³/mol. The largest absolute Gasteiger partial charge is 0.378 e. The number of rotatable bonds is 4. The average Bonchev–Trinajstić information content (AvgIpc) is 2.68. The lowest BCUT2D eigenvalue weighted by molar-refractivity contribution is 0.208. The second-order valence-corrected chi connectivity index (χ2v) is 7.56. The number of hydrogen-bond acceptors (Lipinski definition) is 3. The molecular weight excluding hydrogens is 336 g/mol. The van der Waals surface area contributed by atoms with Gasteiger partial charge in [-0.05, 0) is 41.8 Å². The summed E-state index contributed by atoms with van der Waals surface area (Å²) < 4.78 is 0. The highest BCUT2D eigenvalue weighted by molar-refractivity contribution is 5.90. The molecule has 2 aromatic rings. The zero-order valence-electron chi connectivity index (χ0n) is 16.8. The number of benzene rings is 2. The maximum Gasteiger partial charge on any atom is 0.321 e. The van der Waals surface area contributed by atoms with Crippen molar-refractivity contribution in [3.05, 3.63) is 54.1 Å². The Morgan fingerprint density at radius 3 is 2.19 bits per heavy atom. The van der Waals surface area contributed by atoms with Gasteiger partial charge in [0.15, 0.2) is 0 Å². The Bertz CT molecular complexity index is 762. The maximum absolute atomic E-state index is 12.7. The third-order valence-electron chi connectivity index (χ3n) is 5.12. The van der Waals surface area contributed by atoms with Crippen LogP contribution in [0.15, 0.2) is 48.5 Å². The monoisotopic (exact) mass is 366 g/mol. The van der Waals surface area contributed by atoms with Gasteiger partial charge in [0.05, 0.1) is 0 Å². The van der Waals surface area contributed by atoms with Crippen LogP contribution in [0.1, 0.15) is 25.3 Å². The molecule has 1 aliphatic heterocycles. The molecule has 1 aliphatic rings. The fourth-order valence-corrected chi connectivity index (χ4v) is 3.44. The smallest absolute Gasteiger partial charge is 0.321 e. The van der Waals surface area contributed by atoms with Crippen molar-refractivity contribution < 1.29 is 4.79 Å². The van der Waals surface area contributed by atoms with Gasteiger partial charge in [-0.15, -0.1) is 0 Å². The Balaban J connectivity index is 1.58. The molecule has 0 bridgehead atoms. The quantitative estimate of drug-likeness (QED) is 0.880. The molecule has 0 aliphatic carbocycles. The summed E-state index contributed by atoms with van der Waals surface area (Å²) in [6, 6.07) is 16.6. The summed E-state index contributed by atoms with van der Waals surface area (Å²) in [5.41, 5.74) is 4.50. The maximum atomic E-state index is 12.7. The van der Waals surface area contributed by atoms with Crippen LogP contribution in [-0.2, 0) is 0 Å². The fraction of sp³-hybridized carbons (Fsp3) is 0.409. The molecule has 27 heavy (non-hydrogen) atoms. The first-order valence-corrected chi connectivity index (χ1v) is 9.63. The molecule has 2 amide bonds. The van der Waals surface area contributed by atoms with Gasteiger partial charge in [0, 0.05) is 57.3 Å². The lowest BCUT2D eigenvalue weighted by atomic mass is 10.0. The number of carbonyl (C=O) groups excluding carboxylic acids is 1. The number of para-hydroxylation sites is 1. The fourth-order valence-electron chi connectivity index (χ4n) is 3.44. The molecule has 5 heteroatoms. The lowest BCUT2D eigenvalue weighted by Gasteiger charge is -2.36. The normalized spacial score (nSPS) is 14.4. The Kier molecular flexibility index (Phi) is 5.89. The van der Waals surface area contributed by atoms with Crippen LogP contribution in [0.5, 0.6) is 0 Å². The number of nitrogens with zero attached hydrogens (tertiary/aromatic N) is 3. The second-order valence-electron chi connectivity index (χ2n) is 7.56. The van der Waals surface area contributed by atoms with Crippen molar-refractivity contribution in [3.8, 4) is 0 Å². The van der Waals surface area contributed by atoms with E-state index >= 15 is 0 Å². The van der Waals surface area contributed by atoms with Gasteiger partial charge in [0.1, 0.15) is 0 Å². The van der Waals surface area contributed by atoms with Crippen LogP contribution in [0.2, 0.25) is 0 Å². The van der Waals surface area contributed by atoms with E-state index in [1.165, 1.54) is 16.9 Å². The van der Waals surface area contributed by atoms with Gasteiger partial charge in [-0.25, -0.2) is 4.79 Å². The highest BCUT2D eigenvalue weighted by Crippen LogP contribution is 2.25. The summed E-state index contributed by atoms with van der Waals surface area (Å²) in [7, 11) is 4.09. The van der Waals surface area contributed by atoms with E-state index in [2.05, 4.69) is 59.3 Å². The molecule has 3 rings (SSSR count). The number of hydrogen-bond donors (Lipinski definition) is 1. The minimum absolute atomic E-state index is 0.00861. The molecule has 144 valence electrons. The topological polar surface area (TPSA) is 38.8 Å². The zero-order chi connectivity index (χ0) is 19.4. The highest BCUT2D eigenvalue weighted by Gasteiger charge is 2.22. The van der Waals surface area contributed by atoms with Crippen molar-refractivity contribution in [2.24, 2.45) is 0 Å². The summed E-state index contributed by atoms with van der Waals surface area (Å²) in [6.45, 7) is 7.44. The number of anilines is 3. The average molecular weight is 367 g/mol. The lowest BCUT2D eigenvalue weighted by Crippen LogP contribution is -2.50. The van der Waals surface area contributed by atoms with Crippen molar-refractivity contribution in [3.63, 3.8) is 0 Å². The molecule has 1 N–H and O–H groups in total. The molecule has 1 heterocycles. The van der Waals surface area contributed by atoms with Crippen molar-refractivity contribution in [2.45, 2.75) is 19.8 Å².